The van der Waals surface area contributed by atoms with Crippen molar-refractivity contribution in [2.75, 3.05) is 5.73 Å². The average Bonchev–Trinajstić information content (AvgIpc) is 2.29. The highest BCUT2D eigenvalue weighted by Crippen LogP contribution is 2.18. The van der Waals surface area contributed by atoms with Crippen LogP contribution in [0, 0.1) is 3.57 Å². The molecular formula is C6H4BrIN4. The summed E-state index contributed by atoms with van der Waals surface area (Å²) in [6.45, 7) is 0. The van der Waals surface area contributed by atoms with Crippen LogP contribution in [0.25, 0.3) is 5.65 Å². The van der Waals surface area contributed by atoms with Gasteiger partial charge in [0.2, 0.25) is 5.95 Å². The zero-order valence-corrected chi connectivity index (χ0v) is 9.57. The molecule has 2 heterocycles. The Bertz CT molecular complexity index is 438. The summed E-state index contributed by atoms with van der Waals surface area (Å²) in [7, 11) is 0. The first-order valence-corrected chi connectivity index (χ1v) is 5.01. The maximum atomic E-state index is 5.45. The summed E-state index contributed by atoms with van der Waals surface area (Å²) >= 11 is 5.55. The van der Waals surface area contributed by atoms with Crippen molar-refractivity contribution in [1.29, 1.82) is 0 Å². The smallest absolute Gasteiger partial charge is 0.240 e. The van der Waals surface area contributed by atoms with Crippen molar-refractivity contribution in [3.05, 3.63) is 20.3 Å². The van der Waals surface area contributed by atoms with Crippen LogP contribution < -0.4 is 5.73 Å². The zero-order valence-electron chi connectivity index (χ0n) is 5.83. The van der Waals surface area contributed by atoms with Crippen LogP contribution >= 0.6 is 38.5 Å². The molecule has 0 bridgehead atoms. The Kier molecular flexibility index (Phi) is 1.95. The second-order valence-corrected chi connectivity index (χ2v) is 4.32. The second kappa shape index (κ2) is 2.84. The Morgan fingerprint density at radius 2 is 2.33 bits per heavy atom. The summed E-state index contributed by atoms with van der Waals surface area (Å²) in [5.41, 5.74) is 6.24. The third-order valence-corrected chi connectivity index (χ3v) is 2.60. The van der Waals surface area contributed by atoms with Gasteiger partial charge < -0.3 is 5.73 Å². The lowest BCUT2D eigenvalue weighted by atomic mass is 10.5. The molecule has 2 N–H and O–H groups in total. The van der Waals surface area contributed by atoms with Crippen LogP contribution in [0.5, 0.6) is 0 Å². The number of halogens is 2. The van der Waals surface area contributed by atoms with Crippen molar-refractivity contribution < 1.29 is 0 Å². The number of anilines is 1. The molecule has 4 nitrogen and oxygen atoms in total. The van der Waals surface area contributed by atoms with Crippen LogP contribution in [0.1, 0.15) is 0 Å². The molecule has 0 unspecified atom stereocenters. The van der Waals surface area contributed by atoms with Crippen molar-refractivity contribution >= 4 is 50.1 Å². The minimum atomic E-state index is 0.297. The van der Waals surface area contributed by atoms with Gasteiger partial charge in [0.1, 0.15) is 0 Å². The maximum absolute atomic E-state index is 5.45. The summed E-state index contributed by atoms with van der Waals surface area (Å²) in [5, 5.41) is 3.98. The van der Waals surface area contributed by atoms with Gasteiger partial charge in [-0.15, -0.1) is 5.10 Å². The van der Waals surface area contributed by atoms with Gasteiger partial charge in [-0.2, -0.15) is 4.98 Å². The quantitative estimate of drug-likeness (QED) is 0.743. The minimum absolute atomic E-state index is 0.297. The predicted molar refractivity (Wildman–Crippen MR) is 57.8 cm³/mol. The maximum Gasteiger partial charge on any atom is 0.240 e. The van der Waals surface area contributed by atoms with Crippen LogP contribution in [-0.4, -0.2) is 14.6 Å². The number of nitrogens with zero attached hydrogens (tertiary/aromatic N) is 3. The van der Waals surface area contributed by atoms with E-state index in [1.54, 1.807) is 4.52 Å². The molecule has 0 spiro atoms. The van der Waals surface area contributed by atoms with Crippen LogP contribution in [0.15, 0.2) is 16.7 Å². The van der Waals surface area contributed by atoms with Crippen LogP contribution in [0.4, 0.5) is 5.95 Å². The van der Waals surface area contributed by atoms with E-state index < -0.39 is 0 Å². The van der Waals surface area contributed by atoms with Gasteiger partial charge in [0, 0.05) is 10.7 Å². The predicted octanol–water partition coefficient (Wildman–Crippen LogP) is 1.68. The van der Waals surface area contributed by atoms with Gasteiger partial charge in [0.15, 0.2) is 5.65 Å². The van der Waals surface area contributed by atoms with Gasteiger partial charge in [-0.25, -0.2) is 4.52 Å². The van der Waals surface area contributed by atoms with E-state index in [0.717, 1.165) is 13.7 Å². The highest BCUT2D eigenvalue weighted by Gasteiger charge is 2.04. The lowest BCUT2D eigenvalue weighted by molar-refractivity contribution is 0.960. The van der Waals surface area contributed by atoms with E-state index in [-0.39, 0.29) is 0 Å². The Morgan fingerprint density at radius 3 is 3.08 bits per heavy atom. The Labute approximate surface area is 90.4 Å². The zero-order chi connectivity index (χ0) is 8.72. The molecule has 0 aliphatic carbocycles. The van der Waals surface area contributed by atoms with Crippen molar-refractivity contribution in [3.8, 4) is 0 Å². The first kappa shape index (κ1) is 8.24. The first-order valence-electron chi connectivity index (χ1n) is 3.14. The fraction of sp³-hybridized carbons (Fsp3) is 0. The van der Waals surface area contributed by atoms with Gasteiger partial charge in [-0.3, -0.25) is 0 Å². The topological polar surface area (TPSA) is 56.2 Å². The van der Waals surface area contributed by atoms with Crippen molar-refractivity contribution in [2.45, 2.75) is 0 Å². The average molecular weight is 339 g/mol. The Morgan fingerprint density at radius 1 is 1.58 bits per heavy atom. The van der Waals surface area contributed by atoms with Gasteiger partial charge in [0.25, 0.3) is 0 Å². The SMILES string of the molecule is Nc1nc2c(I)cc(Br)cn2n1. The van der Waals surface area contributed by atoms with Gasteiger partial charge in [-0.05, 0) is 44.6 Å². The van der Waals surface area contributed by atoms with E-state index in [2.05, 4.69) is 48.6 Å². The van der Waals surface area contributed by atoms with Gasteiger partial charge in [0.05, 0.1) is 3.57 Å². The monoisotopic (exact) mass is 338 g/mol. The number of nitrogens with two attached hydrogens (primary N) is 1. The van der Waals surface area contributed by atoms with Gasteiger partial charge >= 0.3 is 0 Å². The van der Waals surface area contributed by atoms with Crippen molar-refractivity contribution in [2.24, 2.45) is 0 Å². The molecule has 0 saturated heterocycles. The molecule has 0 saturated carbocycles. The number of hydrogen-bond donors (Lipinski definition) is 1. The van der Waals surface area contributed by atoms with Crippen molar-refractivity contribution in [3.63, 3.8) is 0 Å². The molecule has 2 aromatic rings. The molecule has 0 aliphatic heterocycles. The molecule has 12 heavy (non-hydrogen) atoms. The fourth-order valence-corrected chi connectivity index (χ4v) is 2.49. The number of aromatic nitrogens is 3. The summed E-state index contributed by atoms with van der Waals surface area (Å²) in [4.78, 5) is 4.06. The van der Waals surface area contributed by atoms with E-state index in [1.807, 2.05) is 12.3 Å². The summed E-state index contributed by atoms with van der Waals surface area (Å²) in [5.74, 6) is 0.297. The minimum Gasteiger partial charge on any atom is -0.366 e. The van der Waals surface area contributed by atoms with Crippen LogP contribution in [-0.2, 0) is 0 Å². The number of rotatable bonds is 0. The molecule has 0 fully saturated rings. The fourth-order valence-electron chi connectivity index (χ4n) is 0.932. The number of fused-ring (bicyclic) bond motifs is 1. The molecule has 0 amide bonds. The number of hydrogen-bond acceptors (Lipinski definition) is 3. The highest BCUT2D eigenvalue weighted by molar-refractivity contribution is 14.1. The summed E-state index contributed by atoms with van der Waals surface area (Å²) in [6.07, 6.45) is 1.82. The third kappa shape index (κ3) is 1.28. The molecule has 6 heteroatoms. The lowest BCUT2D eigenvalue weighted by Crippen LogP contribution is -1.90. The molecule has 0 atom stereocenters. The van der Waals surface area contributed by atoms with E-state index in [1.165, 1.54) is 0 Å². The normalized spacial score (nSPS) is 10.8. The molecule has 2 rings (SSSR count). The summed E-state index contributed by atoms with van der Waals surface area (Å²) < 4.78 is 3.64. The van der Waals surface area contributed by atoms with Crippen molar-refractivity contribution in [1.82, 2.24) is 14.6 Å². The number of nitrogen functional groups attached to an aromatic ring is 1. The van der Waals surface area contributed by atoms with Crippen LogP contribution in [0.2, 0.25) is 0 Å². The number of pyridine rings is 1. The first-order chi connectivity index (χ1) is 5.66. The summed E-state index contributed by atoms with van der Waals surface area (Å²) in [6, 6.07) is 1.96. The van der Waals surface area contributed by atoms with Gasteiger partial charge in [-0.1, -0.05) is 0 Å². The molecule has 0 aromatic carbocycles. The molecule has 0 radical (unpaired) electrons. The van der Waals surface area contributed by atoms with E-state index in [4.69, 9.17) is 5.73 Å². The molecule has 62 valence electrons. The van der Waals surface area contributed by atoms with E-state index >= 15 is 0 Å². The Balaban J connectivity index is 2.88. The molecular weight excluding hydrogens is 335 g/mol. The van der Waals surface area contributed by atoms with E-state index in [9.17, 15) is 0 Å². The molecule has 0 aliphatic rings. The van der Waals surface area contributed by atoms with E-state index in [0.29, 0.717) is 5.95 Å². The lowest BCUT2D eigenvalue weighted by Gasteiger charge is -1.94. The second-order valence-electron chi connectivity index (χ2n) is 2.24. The highest BCUT2D eigenvalue weighted by atomic mass is 127. The largest absolute Gasteiger partial charge is 0.366 e. The Hall–Kier alpha value is -0.370. The third-order valence-electron chi connectivity index (χ3n) is 1.37. The standard InChI is InChI=1S/C6H4BrIN4/c7-3-1-4(8)5-10-6(9)11-12(5)2-3/h1-2H,(H2,9,11). The molecule has 2 aromatic heterocycles. The van der Waals surface area contributed by atoms with Crippen LogP contribution in [0.3, 0.4) is 0 Å².